The highest BCUT2D eigenvalue weighted by Crippen LogP contribution is 2.09. The molecule has 0 rings (SSSR count). The molecule has 0 aromatic carbocycles. The number of hydrogen-bond acceptors (Lipinski definition) is 6. The van der Waals surface area contributed by atoms with Crippen molar-refractivity contribution < 1.29 is 28.3 Å². The predicted molar refractivity (Wildman–Crippen MR) is 48.1 cm³/mol. The van der Waals surface area contributed by atoms with Crippen molar-refractivity contribution in [1.82, 2.24) is 5.32 Å². The van der Waals surface area contributed by atoms with E-state index in [-0.39, 0.29) is 0 Å². The number of aliphatic hydroxyl groups excluding tert-OH is 3. The highest BCUT2D eigenvalue weighted by molar-refractivity contribution is 7.86. The van der Waals surface area contributed by atoms with Gasteiger partial charge in [-0.1, -0.05) is 0 Å². The number of nitrogens with one attached hydrogen (secondary N) is 1. The van der Waals surface area contributed by atoms with Crippen molar-refractivity contribution in [2.24, 2.45) is 0 Å². The summed E-state index contributed by atoms with van der Waals surface area (Å²) >= 11 is 0. The van der Waals surface area contributed by atoms with Crippen LogP contribution in [-0.2, 0) is 10.1 Å². The van der Waals surface area contributed by atoms with Crippen molar-refractivity contribution in [3.05, 3.63) is 0 Å². The zero-order valence-electron chi connectivity index (χ0n) is 7.82. The molecule has 86 valence electrons. The van der Waals surface area contributed by atoms with Gasteiger partial charge in [0, 0.05) is 0 Å². The number of aliphatic hydroxyl groups is 3. The molecule has 0 aliphatic rings. The van der Waals surface area contributed by atoms with Crippen molar-refractivity contribution in [2.45, 2.75) is 30.6 Å². The average Bonchev–Trinajstić information content (AvgIpc) is 2.11. The van der Waals surface area contributed by atoms with Gasteiger partial charge in [0.15, 0.2) is 0 Å². The Hall–Kier alpha value is -0.250. The Morgan fingerprint density at radius 3 is 1.86 bits per heavy atom. The fourth-order valence-electron chi connectivity index (χ4n) is 0.811. The minimum atomic E-state index is -4.44. The Bertz CT molecular complexity index is 265. The summed E-state index contributed by atoms with van der Waals surface area (Å²) < 4.78 is 29.7. The van der Waals surface area contributed by atoms with Gasteiger partial charge in [0.05, 0.1) is 0 Å². The standard InChI is InChI=1S/C6H15NO6S/c1-3(14(11,12)13)4(8)5(9)6(10)7-2/h3-10H,1-2H3,(H,11,12,13). The van der Waals surface area contributed by atoms with Crippen LogP contribution in [0.4, 0.5) is 0 Å². The van der Waals surface area contributed by atoms with Crippen LogP contribution in [0.25, 0.3) is 0 Å². The van der Waals surface area contributed by atoms with E-state index in [1.807, 2.05) is 0 Å². The van der Waals surface area contributed by atoms with Crippen LogP contribution in [0.5, 0.6) is 0 Å². The fraction of sp³-hybridized carbons (Fsp3) is 1.00. The Kier molecular flexibility index (Phi) is 4.92. The van der Waals surface area contributed by atoms with E-state index in [1.54, 1.807) is 0 Å². The van der Waals surface area contributed by atoms with Crippen LogP contribution in [0.1, 0.15) is 6.92 Å². The van der Waals surface area contributed by atoms with Crippen LogP contribution in [0.15, 0.2) is 0 Å². The van der Waals surface area contributed by atoms with Crippen LogP contribution in [-0.4, -0.2) is 59.0 Å². The van der Waals surface area contributed by atoms with E-state index in [9.17, 15) is 18.6 Å². The van der Waals surface area contributed by atoms with Crippen molar-refractivity contribution in [1.29, 1.82) is 0 Å². The maximum atomic E-state index is 10.6. The molecule has 0 spiro atoms. The van der Waals surface area contributed by atoms with Crippen LogP contribution < -0.4 is 5.32 Å². The summed E-state index contributed by atoms with van der Waals surface area (Å²) in [7, 11) is -3.12. The summed E-state index contributed by atoms with van der Waals surface area (Å²) in [5.41, 5.74) is 0. The van der Waals surface area contributed by atoms with Crippen molar-refractivity contribution in [3.8, 4) is 0 Å². The summed E-state index contributed by atoms with van der Waals surface area (Å²) in [6.07, 6.45) is -4.93. The van der Waals surface area contributed by atoms with E-state index < -0.39 is 33.8 Å². The number of rotatable bonds is 5. The zero-order chi connectivity index (χ0) is 11.5. The molecule has 0 amide bonds. The SMILES string of the molecule is CNC(O)C(O)C(O)C(C)S(=O)(=O)O. The van der Waals surface area contributed by atoms with Gasteiger partial charge in [-0.25, -0.2) is 0 Å². The van der Waals surface area contributed by atoms with E-state index in [1.165, 1.54) is 7.05 Å². The lowest BCUT2D eigenvalue weighted by Gasteiger charge is -2.25. The zero-order valence-corrected chi connectivity index (χ0v) is 8.64. The van der Waals surface area contributed by atoms with E-state index in [0.29, 0.717) is 0 Å². The summed E-state index contributed by atoms with van der Waals surface area (Å²) in [4.78, 5) is 0. The molecule has 0 aliphatic heterocycles. The molecule has 4 unspecified atom stereocenters. The molecular formula is C6H15NO6S. The third-order valence-corrected chi connectivity index (χ3v) is 3.14. The molecular weight excluding hydrogens is 214 g/mol. The van der Waals surface area contributed by atoms with Gasteiger partial charge < -0.3 is 15.3 Å². The molecule has 0 aromatic heterocycles. The van der Waals surface area contributed by atoms with E-state index in [4.69, 9.17) is 9.66 Å². The average molecular weight is 229 g/mol. The molecule has 0 bridgehead atoms. The Morgan fingerprint density at radius 2 is 1.57 bits per heavy atom. The summed E-state index contributed by atoms with van der Waals surface area (Å²) in [5, 5.41) is 28.1. The molecule has 8 heteroatoms. The van der Waals surface area contributed by atoms with Gasteiger partial charge in [0.2, 0.25) is 0 Å². The van der Waals surface area contributed by atoms with E-state index in [0.717, 1.165) is 6.92 Å². The molecule has 0 heterocycles. The monoisotopic (exact) mass is 229 g/mol. The molecule has 0 saturated heterocycles. The molecule has 4 atom stereocenters. The van der Waals surface area contributed by atoms with Gasteiger partial charge in [0.1, 0.15) is 23.7 Å². The molecule has 0 aliphatic carbocycles. The molecule has 0 radical (unpaired) electrons. The molecule has 0 fully saturated rings. The van der Waals surface area contributed by atoms with Crippen molar-refractivity contribution >= 4 is 10.1 Å². The lowest BCUT2D eigenvalue weighted by molar-refractivity contribution is -0.0687. The van der Waals surface area contributed by atoms with Gasteiger partial charge in [-0.3, -0.25) is 9.87 Å². The van der Waals surface area contributed by atoms with Gasteiger partial charge in [-0.05, 0) is 14.0 Å². The molecule has 7 nitrogen and oxygen atoms in total. The van der Waals surface area contributed by atoms with Crippen molar-refractivity contribution in [3.63, 3.8) is 0 Å². The number of hydrogen-bond donors (Lipinski definition) is 5. The third-order valence-electron chi connectivity index (χ3n) is 1.92. The first-order valence-corrected chi connectivity index (χ1v) is 5.40. The first kappa shape index (κ1) is 13.8. The minimum Gasteiger partial charge on any atom is -0.389 e. The quantitative estimate of drug-likeness (QED) is 0.261. The molecule has 0 saturated carbocycles. The Balaban J connectivity index is 4.55. The lowest BCUT2D eigenvalue weighted by Crippen LogP contribution is -2.50. The van der Waals surface area contributed by atoms with E-state index >= 15 is 0 Å². The highest BCUT2D eigenvalue weighted by Gasteiger charge is 2.34. The summed E-state index contributed by atoms with van der Waals surface area (Å²) in [6, 6.07) is 0. The smallest absolute Gasteiger partial charge is 0.270 e. The first-order chi connectivity index (χ1) is 6.21. The first-order valence-electron chi connectivity index (χ1n) is 3.89. The largest absolute Gasteiger partial charge is 0.389 e. The highest BCUT2D eigenvalue weighted by atomic mass is 32.2. The van der Waals surface area contributed by atoms with Gasteiger partial charge in [-0.15, -0.1) is 0 Å². The Labute approximate surface area is 82.1 Å². The lowest BCUT2D eigenvalue weighted by atomic mass is 10.1. The molecule has 5 N–H and O–H groups in total. The topological polar surface area (TPSA) is 127 Å². The Morgan fingerprint density at radius 1 is 1.14 bits per heavy atom. The van der Waals surface area contributed by atoms with Crippen molar-refractivity contribution in [2.75, 3.05) is 7.05 Å². The second-order valence-corrected chi connectivity index (χ2v) is 4.71. The minimum absolute atomic E-state index is 1.02. The molecule has 14 heavy (non-hydrogen) atoms. The van der Waals surface area contributed by atoms with Gasteiger partial charge in [0.25, 0.3) is 10.1 Å². The maximum absolute atomic E-state index is 10.6. The number of likely N-dealkylation sites (N-methyl/N-ethyl adjacent to an activating group) is 1. The van der Waals surface area contributed by atoms with E-state index in [2.05, 4.69) is 5.32 Å². The maximum Gasteiger partial charge on any atom is 0.270 e. The molecule has 0 aromatic rings. The predicted octanol–water partition coefficient (Wildman–Crippen LogP) is -2.48. The fourth-order valence-corrected chi connectivity index (χ4v) is 1.32. The summed E-state index contributed by atoms with van der Waals surface area (Å²) in [5.74, 6) is 0. The third kappa shape index (κ3) is 3.48. The summed E-state index contributed by atoms with van der Waals surface area (Å²) in [6.45, 7) is 1.02. The second-order valence-electron chi connectivity index (χ2n) is 2.93. The van der Waals surface area contributed by atoms with Gasteiger partial charge in [-0.2, -0.15) is 8.42 Å². The van der Waals surface area contributed by atoms with Crippen LogP contribution in [0.3, 0.4) is 0 Å². The van der Waals surface area contributed by atoms with Gasteiger partial charge >= 0.3 is 0 Å². The van der Waals surface area contributed by atoms with Crippen LogP contribution in [0, 0.1) is 0 Å². The van der Waals surface area contributed by atoms with Crippen LogP contribution in [0.2, 0.25) is 0 Å². The normalized spacial score (nSPS) is 21.3. The van der Waals surface area contributed by atoms with Crippen LogP contribution >= 0.6 is 0 Å². The second kappa shape index (κ2) is 5.01.